The summed E-state index contributed by atoms with van der Waals surface area (Å²) >= 11 is 0. The molecule has 0 spiro atoms. The van der Waals surface area contributed by atoms with Gasteiger partial charge >= 0.3 is 5.97 Å². The summed E-state index contributed by atoms with van der Waals surface area (Å²) in [5.74, 6) is 1.01. The Morgan fingerprint density at radius 1 is 1.17 bits per heavy atom. The summed E-state index contributed by atoms with van der Waals surface area (Å²) < 4.78 is 5.21. The van der Waals surface area contributed by atoms with Crippen LogP contribution in [-0.4, -0.2) is 35.6 Å². The molecule has 5 nitrogen and oxygen atoms in total. The number of carbonyl (C=O) groups excluding carboxylic acids is 1. The third-order valence-electron chi connectivity index (χ3n) is 3.99. The van der Waals surface area contributed by atoms with Crippen LogP contribution in [0.25, 0.3) is 11.4 Å². The van der Waals surface area contributed by atoms with E-state index in [-0.39, 0.29) is 5.97 Å². The molecular formula is C18H21N3O2. The average Bonchev–Trinajstić information content (AvgIpc) is 3.09. The second-order valence-corrected chi connectivity index (χ2v) is 5.61. The first kappa shape index (κ1) is 15.5. The molecule has 0 atom stereocenters. The van der Waals surface area contributed by atoms with Crippen LogP contribution < -0.4 is 4.90 Å². The Bertz CT molecular complexity index is 695. The maximum atomic E-state index is 12.4. The second-order valence-electron chi connectivity index (χ2n) is 5.61. The van der Waals surface area contributed by atoms with Gasteiger partial charge in [0.1, 0.15) is 11.4 Å². The van der Waals surface area contributed by atoms with Gasteiger partial charge in [-0.3, -0.25) is 0 Å². The molecule has 1 aromatic carbocycles. The average molecular weight is 311 g/mol. The minimum absolute atomic E-state index is 0.341. The molecule has 1 aromatic heterocycles. The maximum absolute atomic E-state index is 12.4. The van der Waals surface area contributed by atoms with Crippen LogP contribution in [0.4, 0.5) is 5.82 Å². The molecule has 1 saturated heterocycles. The molecule has 0 saturated carbocycles. The summed E-state index contributed by atoms with van der Waals surface area (Å²) in [6.45, 7) is 5.83. The van der Waals surface area contributed by atoms with E-state index in [1.54, 1.807) is 0 Å². The predicted molar refractivity (Wildman–Crippen MR) is 89.6 cm³/mol. The van der Waals surface area contributed by atoms with Gasteiger partial charge in [0.05, 0.1) is 12.3 Å². The molecule has 1 aliphatic heterocycles. The zero-order valence-electron chi connectivity index (χ0n) is 13.6. The number of aryl methyl sites for hydroxylation is 1. The van der Waals surface area contributed by atoms with Gasteiger partial charge in [0, 0.05) is 18.7 Å². The molecule has 2 heterocycles. The highest BCUT2D eigenvalue weighted by molar-refractivity contribution is 5.96. The lowest BCUT2D eigenvalue weighted by Crippen LogP contribution is -2.24. The lowest BCUT2D eigenvalue weighted by molar-refractivity contribution is 0.0525. The number of aromatic nitrogens is 2. The summed E-state index contributed by atoms with van der Waals surface area (Å²) in [5.41, 5.74) is 2.11. The minimum atomic E-state index is -0.341. The van der Waals surface area contributed by atoms with E-state index in [1.807, 2.05) is 44.2 Å². The van der Waals surface area contributed by atoms with Crippen molar-refractivity contribution in [2.24, 2.45) is 0 Å². The van der Waals surface area contributed by atoms with Crippen molar-refractivity contribution in [3.63, 3.8) is 0 Å². The molecule has 1 fully saturated rings. The number of hydrogen-bond donors (Lipinski definition) is 0. The van der Waals surface area contributed by atoms with Gasteiger partial charge in [-0.15, -0.1) is 0 Å². The van der Waals surface area contributed by atoms with E-state index < -0.39 is 0 Å². The Balaban J connectivity index is 2.10. The van der Waals surface area contributed by atoms with E-state index in [0.29, 0.717) is 29.5 Å². The second kappa shape index (κ2) is 6.77. The Morgan fingerprint density at radius 2 is 1.87 bits per heavy atom. The molecule has 1 aliphatic rings. The number of nitrogens with zero attached hydrogens (tertiary/aromatic N) is 3. The van der Waals surface area contributed by atoms with Gasteiger partial charge in [-0.2, -0.15) is 0 Å². The van der Waals surface area contributed by atoms with Gasteiger partial charge in [0.2, 0.25) is 0 Å². The largest absolute Gasteiger partial charge is 0.462 e. The molecule has 2 aromatic rings. The zero-order chi connectivity index (χ0) is 16.2. The van der Waals surface area contributed by atoms with Crippen LogP contribution in [0.2, 0.25) is 0 Å². The van der Waals surface area contributed by atoms with Crippen LogP contribution in [-0.2, 0) is 4.74 Å². The summed E-state index contributed by atoms with van der Waals surface area (Å²) in [7, 11) is 0. The third kappa shape index (κ3) is 3.18. The smallest absolute Gasteiger partial charge is 0.343 e. The number of carbonyl (C=O) groups is 1. The summed E-state index contributed by atoms with van der Waals surface area (Å²) in [6, 6.07) is 9.84. The van der Waals surface area contributed by atoms with Crippen molar-refractivity contribution in [3.8, 4) is 11.4 Å². The highest BCUT2D eigenvalue weighted by Crippen LogP contribution is 2.28. The van der Waals surface area contributed by atoms with E-state index >= 15 is 0 Å². The number of anilines is 1. The normalized spacial score (nSPS) is 14.1. The predicted octanol–water partition coefficient (Wildman–Crippen LogP) is 3.23. The van der Waals surface area contributed by atoms with Gasteiger partial charge < -0.3 is 9.64 Å². The Hall–Kier alpha value is -2.43. The highest BCUT2D eigenvalue weighted by Gasteiger charge is 2.26. The Morgan fingerprint density at radius 3 is 2.52 bits per heavy atom. The lowest BCUT2D eigenvalue weighted by atomic mass is 10.1. The van der Waals surface area contributed by atoms with Gasteiger partial charge in [-0.05, 0) is 26.7 Å². The van der Waals surface area contributed by atoms with Crippen LogP contribution in [0.1, 0.15) is 35.8 Å². The van der Waals surface area contributed by atoms with Crippen LogP contribution in [0, 0.1) is 6.92 Å². The van der Waals surface area contributed by atoms with Crippen LogP contribution in [0.3, 0.4) is 0 Å². The van der Waals surface area contributed by atoms with Crippen molar-refractivity contribution < 1.29 is 9.53 Å². The zero-order valence-corrected chi connectivity index (χ0v) is 13.6. The number of hydrogen-bond acceptors (Lipinski definition) is 5. The molecule has 0 radical (unpaired) electrons. The fraction of sp³-hybridized carbons (Fsp3) is 0.389. The molecule has 23 heavy (non-hydrogen) atoms. The van der Waals surface area contributed by atoms with Crippen molar-refractivity contribution in [2.45, 2.75) is 26.7 Å². The van der Waals surface area contributed by atoms with Gasteiger partial charge in [0.15, 0.2) is 5.82 Å². The van der Waals surface area contributed by atoms with Crippen LogP contribution >= 0.6 is 0 Å². The third-order valence-corrected chi connectivity index (χ3v) is 3.99. The molecule has 0 aliphatic carbocycles. The van der Waals surface area contributed by atoms with Crippen molar-refractivity contribution >= 4 is 11.8 Å². The standard InChI is InChI=1S/C18H21N3O2/c1-3-23-18(22)15-13(2)19-16(14-9-5-4-6-10-14)20-17(15)21-11-7-8-12-21/h4-6,9-10H,3,7-8,11-12H2,1-2H3. The number of benzene rings is 1. The quantitative estimate of drug-likeness (QED) is 0.811. The van der Waals surface area contributed by atoms with Crippen molar-refractivity contribution in [2.75, 3.05) is 24.6 Å². The lowest BCUT2D eigenvalue weighted by Gasteiger charge is -2.21. The van der Waals surface area contributed by atoms with Gasteiger partial charge in [-0.25, -0.2) is 14.8 Å². The van der Waals surface area contributed by atoms with E-state index in [9.17, 15) is 4.79 Å². The Kier molecular flexibility index (Phi) is 4.55. The van der Waals surface area contributed by atoms with Gasteiger partial charge in [0.25, 0.3) is 0 Å². The topological polar surface area (TPSA) is 55.3 Å². The van der Waals surface area contributed by atoms with E-state index in [4.69, 9.17) is 9.72 Å². The first-order valence-corrected chi connectivity index (χ1v) is 8.07. The fourth-order valence-corrected chi connectivity index (χ4v) is 2.87. The summed E-state index contributed by atoms with van der Waals surface area (Å²) in [4.78, 5) is 23.8. The first-order chi connectivity index (χ1) is 11.2. The molecule has 5 heteroatoms. The number of ether oxygens (including phenoxy) is 1. The number of esters is 1. The van der Waals surface area contributed by atoms with Crippen molar-refractivity contribution in [1.29, 1.82) is 0 Å². The fourth-order valence-electron chi connectivity index (χ4n) is 2.87. The molecule has 120 valence electrons. The number of rotatable bonds is 4. The molecular weight excluding hydrogens is 290 g/mol. The molecule has 0 amide bonds. The maximum Gasteiger partial charge on any atom is 0.343 e. The molecule has 0 N–H and O–H groups in total. The summed E-state index contributed by atoms with van der Waals surface area (Å²) in [5, 5.41) is 0. The minimum Gasteiger partial charge on any atom is -0.462 e. The van der Waals surface area contributed by atoms with E-state index in [0.717, 1.165) is 31.5 Å². The first-order valence-electron chi connectivity index (χ1n) is 8.07. The van der Waals surface area contributed by atoms with E-state index in [2.05, 4.69) is 9.88 Å². The summed E-state index contributed by atoms with van der Waals surface area (Å²) in [6.07, 6.45) is 2.23. The molecule has 0 unspecified atom stereocenters. The molecule has 0 bridgehead atoms. The molecule has 3 rings (SSSR count). The van der Waals surface area contributed by atoms with Crippen LogP contribution in [0.15, 0.2) is 30.3 Å². The SMILES string of the molecule is CCOC(=O)c1c(C)nc(-c2ccccc2)nc1N1CCCC1. The Labute approximate surface area is 136 Å². The monoisotopic (exact) mass is 311 g/mol. The highest BCUT2D eigenvalue weighted by atomic mass is 16.5. The van der Waals surface area contributed by atoms with Crippen molar-refractivity contribution in [3.05, 3.63) is 41.6 Å². The van der Waals surface area contributed by atoms with E-state index in [1.165, 1.54) is 0 Å². The van der Waals surface area contributed by atoms with Crippen LogP contribution in [0.5, 0.6) is 0 Å². The van der Waals surface area contributed by atoms with Gasteiger partial charge in [-0.1, -0.05) is 30.3 Å². The van der Waals surface area contributed by atoms with Crippen molar-refractivity contribution in [1.82, 2.24) is 9.97 Å².